The monoisotopic (exact) mass is 280 g/mol. The van der Waals surface area contributed by atoms with Crippen molar-refractivity contribution >= 4 is 17.3 Å². The van der Waals surface area contributed by atoms with Gasteiger partial charge < -0.3 is 4.74 Å². The number of carbonyl (C=O) groups excluding carboxylic acids is 1. The Bertz CT molecular complexity index is 583. The van der Waals surface area contributed by atoms with Crippen molar-refractivity contribution < 1.29 is 9.53 Å². The molecule has 2 aromatic rings. The largest absolute Gasteiger partial charge is 0.464 e. The molecule has 2 heterocycles. The molecule has 0 radical (unpaired) electrons. The molecule has 102 valence electrons. The maximum absolute atomic E-state index is 11.6. The number of carbonyl (C=O) groups is 1. The van der Waals surface area contributed by atoms with Crippen molar-refractivity contribution in [3.05, 3.63) is 27.0 Å². The van der Waals surface area contributed by atoms with Crippen molar-refractivity contribution in [2.75, 3.05) is 7.11 Å². The van der Waals surface area contributed by atoms with Crippen LogP contribution in [0.2, 0.25) is 0 Å². The first-order chi connectivity index (χ1) is 9.06. The minimum atomic E-state index is -0.449. The zero-order valence-corrected chi connectivity index (χ0v) is 12.2. The van der Waals surface area contributed by atoms with E-state index < -0.39 is 5.97 Å². The first-order valence-electron chi connectivity index (χ1n) is 6.00. The maximum Gasteiger partial charge on any atom is 0.360 e. The molecule has 0 saturated heterocycles. The Balaban J connectivity index is 2.30. The third-order valence-electron chi connectivity index (χ3n) is 2.91. The third-order valence-corrected chi connectivity index (χ3v) is 3.97. The van der Waals surface area contributed by atoms with Gasteiger partial charge in [-0.15, -0.1) is 16.4 Å². The molecule has 0 aliphatic heterocycles. The predicted octanol–water partition coefficient (Wildman–Crippen LogP) is 1.75. The van der Waals surface area contributed by atoms with E-state index >= 15 is 0 Å². The Morgan fingerprint density at radius 2 is 2.16 bits per heavy atom. The van der Waals surface area contributed by atoms with Gasteiger partial charge in [0, 0.05) is 4.88 Å². The molecule has 0 atom stereocenters. The van der Waals surface area contributed by atoms with Crippen LogP contribution in [-0.2, 0) is 17.7 Å². The van der Waals surface area contributed by atoms with Crippen LogP contribution in [0.3, 0.4) is 0 Å². The summed E-state index contributed by atoms with van der Waals surface area (Å²) in [5.74, 6) is -0.449. The van der Waals surface area contributed by atoms with E-state index in [1.165, 1.54) is 12.0 Å². The van der Waals surface area contributed by atoms with Gasteiger partial charge in [-0.2, -0.15) is 0 Å². The minimum Gasteiger partial charge on any atom is -0.464 e. The van der Waals surface area contributed by atoms with E-state index in [2.05, 4.69) is 15.3 Å². The highest BCUT2D eigenvalue weighted by molar-refractivity contribution is 7.11. The van der Waals surface area contributed by atoms with Crippen LogP contribution in [-0.4, -0.2) is 33.1 Å². The zero-order chi connectivity index (χ0) is 14.0. The summed E-state index contributed by atoms with van der Waals surface area (Å²) in [6, 6.07) is 0. The second-order valence-corrected chi connectivity index (χ2v) is 5.42. The first kappa shape index (κ1) is 13.7. The number of esters is 1. The summed E-state index contributed by atoms with van der Waals surface area (Å²) in [7, 11) is 1.34. The highest BCUT2D eigenvalue weighted by Crippen LogP contribution is 2.18. The average Bonchev–Trinajstić information content (AvgIpc) is 2.93. The van der Waals surface area contributed by atoms with Crippen LogP contribution in [0.1, 0.15) is 38.7 Å². The second kappa shape index (κ2) is 5.48. The molecule has 7 heteroatoms. The highest BCUT2D eigenvalue weighted by atomic mass is 32.1. The van der Waals surface area contributed by atoms with Crippen molar-refractivity contribution in [2.24, 2.45) is 0 Å². The molecule has 2 aromatic heterocycles. The van der Waals surface area contributed by atoms with E-state index in [4.69, 9.17) is 4.74 Å². The van der Waals surface area contributed by atoms with E-state index in [-0.39, 0.29) is 5.69 Å². The van der Waals surface area contributed by atoms with Gasteiger partial charge in [-0.3, -0.25) is 0 Å². The van der Waals surface area contributed by atoms with Gasteiger partial charge >= 0.3 is 5.97 Å². The van der Waals surface area contributed by atoms with Gasteiger partial charge in [0.1, 0.15) is 5.01 Å². The zero-order valence-electron chi connectivity index (χ0n) is 11.4. The van der Waals surface area contributed by atoms with Gasteiger partial charge in [0.2, 0.25) is 0 Å². The molecule has 0 N–H and O–H groups in total. The van der Waals surface area contributed by atoms with Gasteiger partial charge in [0.25, 0.3) is 0 Å². The third kappa shape index (κ3) is 2.65. The standard InChI is InChI=1S/C12H16N4O2S/c1-5-9-11(12(17)18-4)14-15-16(9)6-10-13-7(2)8(3)19-10/h5-6H2,1-4H3. The fourth-order valence-corrected chi connectivity index (χ4v) is 2.72. The smallest absolute Gasteiger partial charge is 0.360 e. The molecule has 0 unspecified atom stereocenters. The lowest BCUT2D eigenvalue weighted by Crippen LogP contribution is -2.09. The van der Waals surface area contributed by atoms with Crippen LogP contribution in [0.4, 0.5) is 0 Å². The molecule has 0 aliphatic carbocycles. The van der Waals surface area contributed by atoms with E-state index in [1.54, 1.807) is 16.0 Å². The van der Waals surface area contributed by atoms with Crippen molar-refractivity contribution in [1.29, 1.82) is 0 Å². The molecule has 0 fully saturated rings. The topological polar surface area (TPSA) is 69.9 Å². The highest BCUT2D eigenvalue weighted by Gasteiger charge is 2.19. The molecule has 0 saturated carbocycles. The van der Waals surface area contributed by atoms with Gasteiger partial charge in [0.05, 0.1) is 25.0 Å². The van der Waals surface area contributed by atoms with E-state index in [0.29, 0.717) is 13.0 Å². The van der Waals surface area contributed by atoms with E-state index in [0.717, 1.165) is 16.4 Å². The molecule has 0 spiro atoms. The molecule has 6 nitrogen and oxygen atoms in total. The Morgan fingerprint density at radius 1 is 1.42 bits per heavy atom. The summed E-state index contributed by atoms with van der Waals surface area (Å²) >= 11 is 1.64. The van der Waals surface area contributed by atoms with Gasteiger partial charge in [-0.05, 0) is 20.3 Å². The maximum atomic E-state index is 11.6. The van der Waals surface area contributed by atoms with Crippen LogP contribution in [0.25, 0.3) is 0 Å². The number of aromatic nitrogens is 4. The summed E-state index contributed by atoms with van der Waals surface area (Å²) in [6.45, 7) is 6.52. The Morgan fingerprint density at radius 3 is 2.68 bits per heavy atom. The lowest BCUT2D eigenvalue weighted by atomic mass is 10.2. The molecule has 0 bridgehead atoms. The van der Waals surface area contributed by atoms with Crippen LogP contribution in [0.5, 0.6) is 0 Å². The number of rotatable bonds is 4. The molecular weight excluding hydrogens is 264 g/mol. The lowest BCUT2D eigenvalue weighted by Gasteiger charge is -2.03. The van der Waals surface area contributed by atoms with E-state index in [9.17, 15) is 4.79 Å². The molecule has 2 rings (SSSR count). The minimum absolute atomic E-state index is 0.287. The Hall–Kier alpha value is -1.76. The average molecular weight is 280 g/mol. The summed E-state index contributed by atoms with van der Waals surface area (Å²) in [5.41, 5.74) is 2.10. The quantitative estimate of drug-likeness (QED) is 0.798. The molecule has 0 aromatic carbocycles. The van der Waals surface area contributed by atoms with Crippen molar-refractivity contribution in [2.45, 2.75) is 33.7 Å². The van der Waals surface area contributed by atoms with Crippen LogP contribution in [0, 0.1) is 13.8 Å². The number of hydrogen-bond donors (Lipinski definition) is 0. The fourth-order valence-electron chi connectivity index (χ4n) is 1.80. The van der Waals surface area contributed by atoms with Gasteiger partial charge in [-0.1, -0.05) is 12.1 Å². The molecular formula is C12H16N4O2S. The summed E-state index contributed by atoms with van der Waals surface area (Å²) in [6.07, 6.45) is 0.667. The SMILES string of the molecule is CCc1c(C(=O)OC)nnn1Cc1nc(C)c(C)s1. The Labute approximate surface area is 115 Å². The van der Waals surface area contributed by atoms with Crippen LogP contribution >= 0.6 is 11.3 Å². The van der Waals surface area contributed by atoms with Crippen molar-refractivity contribution in [3.8, 4) is 0 Å². The van der Waals surface area contributed by atoms with Gasteiger partial charge in [-0.25, -0.2) is 14.5 Å². The number of aryl methyl sites for hydroxylation is 2. The van der Waals surface area contributed by atoms with Gasteiger partial charge in [0.15, 0.2) is 5.69 Å². The fraction of sp³-hybridized carbons (Fsp3) is 0.500. The summed E-state index contributed by atoms with van der Waals surface area (Å²) in [4.78, 5) is 17.2. The molecule has 0 amide bonds. The number of ether oxygens (including phenoxy) is 1. The summed E-state index contributed by atoms with van der Waals surface area (Å²) < 4.78 is 6.41. The van der Waals surface area contributed by atoms with Crippen LogP contribution in [0.15, 0.2) is 0 Å². The van der Waals surface area contributed by atoms with Crippen LogP contribution < -0.4 is 0 Å². The number of thiazole rings is 1. The number of hydrogen-bond acceptors (Lipinski definition) is 6. The first-order valence-corrected chi connectivity index (χ1v) is 6.82. The number of methoxy groups -OCH3 is 1. The number of nitrogens with zero attached hydrogens (tertiary/aromatic N) is 4. The molecule has 0 aliphatic rings. The summed E-state index contributed by atoms with van der Waals surface area (Å²) in [5, 5.41) is 8.89. The predicted molar refractivity (Wildman–Crippen MR) is 71.4 cm³/mol. The second-order valence-electron chi connectivity index (χ2n) is 4.14. The lowest BCUT2D eigenvalue weighted by molar-refractivity contribution is 0.0592. The Kier molecular flexibility index (Phi) is 3.94. The van der Waals surface area contributed by atoms with Crippen molar-refractivity contribution in [3.63, 3.8) is 0 Å². The molecule has 19 heavy (non-hydrogen) atoms. The normalized spacial score (nSPS) is 10.7. The van der Waals surface area contributed by atoms with Crippen molar-refractivity contribution in [1.82, 2.24) is 20.0 Å². The van der Waals surface area contributed by atoms with E-state index in [1.807, 2.05) is 20.8 Å².